The molecule has 122 valence electrons. The molecule has 3 heteroatoms. The molecule has 0 spiro atoms. The highest BCUT2D eigenvalue weighted by atomic mass is 15.4. The van der Waals surface area contributed by atoms with Crippen molar-refractivity contribution in [2.75, 3.05) is 0 Å². The zero-order valence-corrected chi connectivity index (χ0v) is 14.1. The minimum atomic E-state index is 0.998. The van der Waals surface area contributed by atoms with Crippen LogP contribution < -0.4 is 0 Å². The minimum Gasteiger partial charge on any atom is -0.245 e. The molecule has 3 nitrogen and oxygen atoms in total. The minimum absolute atomic E-state index is 0.998. The van der Waals surface area contributed by atoms with Gasteiger partial charge in [0.1, 0.15) is 5.52 Å². The lowest BCUT2D eigenvalue weighted by Crippen LogP contribution is -2.00. The molecular formula is C19H31N3. The summed E-state index contributed by atoms with van der Waals surface area (Å²) in [4.78, 5) is 0. The van der Waals surface area contributed by atoms with Crippen molar-refractivity contribution in [1.29, 1.82) is 0 Å². The molecule has 0 radical (unpaired) electrons. The van der Waals surface area contributed by atoms with E-state index in [9.17, 15) is 0 Å². The highest BCUT2D eigenvalue weighted by molar-refractivity contribution is 5.73. The second-order valence-electron chi connectivity index (χ2n) is 6.34. The number of hydrogen-bond donors (Lipinski definition) is 0. The maximum Gasteiger partial charge on any atom is 0.113 e. The van der Waals surface area contributed by atoms with E-state index in [1.807, 2.05) is 16.8 Å². The van der Waals surface area contributed by atoms with Gasteiger partial charge in [0, 0.05) is 6.54 Å². The summed E-state index contributed by atoms with van der Waals surface area (Å²) >= 11 is 0. The Bertz CT molecular complexity index is 518. The lowest BCUT2D eigenvalue weighted by molar-refractivity contribution is 0.513. The zero-order valence-electron chi connectivity index (χ0n) is 14.1. The third kappa shape index (κ3) is 5.78. The Morgan fingerprint density at radius 1 is 0.773 bits per heavy atom. The Labute approximate surface area is 135 Å². The van der Waals surface area contributed by atoms with Gasteiger partial charge in [-0.2, -0.15) is 0 Å². The fourth-order valence-corrected chi connectivity index (χ4v) is 3.01. The molecule has 1 aromatic heterocycles. The Morgan fingerprint density at radius 2 is 1.36 bits per heavy atom. The lowest BCUT2D eigenvalue weighted by Gasteiger charge is -2.03. The number of aryl methyl sites for hydroxylation is 1. The summed E-state index contributed by atoms with van der Waals surface area (Å²) in [6.07, 6.45) is 15.2. The monoisotopic (exact) mass is 301 g/mol. The average Bonchev–Trinajstić information content (AvgIpc) is 2.96. The Morgan fingerprint density at radius 3 is 2.05 bits per heavy atom. The van der Waals surface area contributed by atoms with E-state index in [1.165, 1.54) is 70.6 Å². The van der Waals surface area contributed by atoms with Gasteiger partial charge in [0.2, 0.25) is 0 Å². The largest absolute Gasteiger partial charge is 0.245 e. The second-order valence-corrected chi connectivity index (χ2v) is 6.34. The van der Waals surface area contributed by atoms with Gasteiger partial charge in [-0.3, -0.25) is 0 Å². The number of fused-ring (bicyclic) bond motifs is 1. The smallest absolute Gasteiger partial charge is 0.113 e. The molecule has 0 atom stereocenters. The van der Waals surface area contributed by atoms with Crippen molar-refractivity contribution in [3.63, 3.8) is 0 Å². The molecule has 0 unspecified atom stereocenters. The van der Waals surface area contributed by atoms with E-state index in [2.05, 4.69) is 29.4 Å². The van der Waals surface area contributed by atoms with Gasteiger partial charge in [0.05, 0.1) is 5.52 Å². The molecule has 0 bridgehead atoms. The summed E-state index contributed by atoms with van der Waals surface area (Å²) in [5.41, 5.74) is 2.17. The first-order valence-electron chi connectivity index (χ1n) is 9.20. The van der Waals surface area contributed by atoms with Crippen LogP contribution in [0.2, 0.25) is 0 Å². The summed E-state index contributed by atoms with van der Waals surface area (Å²) in [6.45, 7) is 3.28. The van der Waals surface area contributed by atoms with E-state index in [0.29, 0.717) is 0 Å². The van der Waals surface area contributed by atoms with Gasteiger partial charge in [-0.05, 0) is 18.6 Å². The van der Waals surface area contributed by atoms with Crippen molar-refractivity contribution >= 4 is 11.0 Å². The average molecular weight is 301 g/mol. The van der Waals surface area contributed by atoms with Crippen molar-refractivity contribution in [3.05, 3.63) is 24.3 Å². The number of para-hydroxylation sites is 1. The molecule has 2 rings (SSSR count). The van der Waals surface area contributed by atoms with Crippen molar-refractivity contribution in [2.24, 2.45) is 0 Å². The second kappa shape index (κ2) is 10.4. The highest BCUT2D eigenvalue weighted by Gasteiger charge is 2.02. The van der Waals surface area contributed by atoms with E-state index >= 15 is 0 Å². The molecule has 0 amide bonds. The first-order chi connectivity index (χ1) is 10.9. The van der Waals surface area contributed by atoms with Crippen molar-refractivity contribution in [2.45, 2.75) is 84.1 Å². The molecule has 0 aliphatic rings. The van der Waals surface area contributed by atoms with Crippen LogP contribution in [0.4, 0.5) is 0 Å². The van der Waals surface area contributed by atoms with Gasteiger partial charge >= 0.3 is 0 Å². The molecule has 1 aromatic carbocycles. The summed E-state index contributed by atoms with van der Waals surface area (Å²) in [6, 6.07) is 8.21. The van der Waals surface area contributed by atoms with E-state index < -0.39 is 0 Å². The molecule has 0 saturated heterocycles. The molecule has 0 aliphatic heterocycles. The van der Waals surface area contributed by atoms with Gasteiger partial charge in [0.25, 0.3) is 0 Å². The summed E-state index contributed by atoms with van der Waals surface area (Å²) in [5.74, 6) is 0. The maximum atomic E-state index is 4.24. The topological polar surface area (TPSA) is 30.7 Å². The molecule has 0 saturated carbocycles. The summed E-state index contributed by atoms with van der Waals surface area (Å²) < 4.78 is 2.04. The lowest BCUT2D eigenvalue weighted by atomic mass is 10.1. The van der Waals surface area contributed by atoms with Crippen molar-refractivity contribution in [1.82, 2.24) is 15.0 Å². The number of hydrogen-bond acceptors (Lipinski definition) is 2. The van der Waals surface area contributed by atoms with Crippen LogP contribution in [0.3, 0.4) is 0 Å². The first-order valence-corrected chi connectivity index (χ1v) is 9.20. The van der Waals surface area contributed by atoms with E-state index in [-0.39, 0.29) is 0 Å². The quantitative estimate of drug-likeness (QED) is 0.468. The van der Waals surface area contributed by atoms with Crippen molar-refractivity contribution < 1.29 is 0 Å². The van der Waals surface area contributed by atoms with Gasteiger partial charge < -0.3 is 0 Å². The van der Waals surface area contributed by atoms with Crippen LogP contribution in [0.25, 0.3) is 11.0 Å². The Balaban J connectivity index is 1.48. The predicted molar refractivity (Wildman–Crippen MR) is 94.0 cm³/mol. The first kappa shape index (κ1) is 17.0. The van der Waals surface area contributed by atoms with Crippen LogP contribution in [-0.2, 0) is 6.54 Å². The summed E-state index contributed by atoms with van der Waals surface area (Å²) in [5, 5.41) is 8.45. The van der Waals surface area contributed by atoms with Crippen molar-refractivity contribution in [3.8, 4) is 0 Å². The van der Waals surface area contributed by atoms with Crippen LogP contribution >= 0.6 is 0 Å². The van der Waals surface area contributed by atoms with Gasteiger partial charge in [-0.25, -0.2) is 4.68 Å². The predicted octanol–water partition coefficient (Wildman–Crippen LogP) is 5.74. The third-order valence-corrected chi connectivity index (χ3v) is 4.39. The number of nitrogens with zero attached hydrogens (tertiary/aromatic N) is 3. The van der Waals surface area contributed by atoms with Crippen LogP contribution in [0, 0.1) is 0 Å². The van der Waals surface area contributed by atoms with Crippen LogP contribution in [0.5, 0.6) is 0 Å². The van der Waals surface area contributed by atoms with E-state index in [0.717, 1.165) is 17.6 Å². The molecular weight excluding hydrogens is 270 g/mol. The SMILES string of the molecule is CCCCCCCCCCCCCn1nnc2ccccc21. The normalized spacial score (nSPS) is 11.3. The fourth-order valence-electron chi connectivity index (χ4n) is 3.01. The molecule has 0 aliphatic carbocycles. The van der Waals surface area contributed by atoms with Gasteiger partial charge in [-0.1, -0.05) is 88.5 Å². The number of rotatable bonds is 12. The van der Waals surface area contributed by atoms with Gasteiger partial charge in [-0.15, -0.1) is 5.10 Å². The highest BCUT2D eigenvalue weighted by Crippen LogP contribution is 2.13. The van der Waals surface area contributed by atoms with Crippen LogP contribution in [0.15, 0.2) is 24.3 Å². The molecule has 0 fully saturated rings. The maximum absolute atomic E-state index is 4.24. The van der Waals surface area contributed by atoms with E-state index in [1.54, 1.807) is 0 Å². The number of unbranched alkanes of at least 4 members (excludes halogenated alkanes) is 10. The van der Waals surface area contributed by atoms with Crippen LogP contribution in [0.1, 0.15) is 77.6 Å². The number of benzene rings is 1. The van der Waals surface area contributed by atoms with Gasteiger partial charge in [0.15, 0.2) is 0 Å². The summed E-state index contributed by atoms with van der Waals surface area (Å²) in [7, 11) is 0. The molecule has 0 N–H and O–H groups in total. The molecule has 1 heterocycles. The fraction of sp³-hybridized carbons (Fsp3) is 0.684. The molecule has 2 aromatic rings. The standard InChI is InChI=1S/C19H31N3/c1-2-3-4-5-6-7-8-9-10-11-14-17-22-19-16-13-12-15-18(19)20-21-22/h12-13,15-16H,2-11,14,17H2,1H3. The molecule has 22 heavy (non-hydrogen) atoms. The third-order valence-electron chi connectivity index (χ3n) is 4.39. The van der Waals surface area contributed by atoms with E-state index in [4.69, 9.17) is 0 Å². The Kier molecular flexibility index (Phi) is 8.00. The zero-order chi connectivity index (χ0) is 15.5. The number of aromatic nitrogens is 3. The van der Waals surface area contributed by atoms with Crippen LogP contribution in [-0.4, -0.2) is 15.0 Å². The Hall–Kier alpha value is -1.38.